The third-order valence-electron chi connectivity index (χ3n) is 1.81. The van der Waals surface area contributed by atoms with Gasteiger partial charge in [-0.05, 0) is 12.1 Å². The van der Waals surface area contributed by atoms with Crippen molar-refractivity contribution in [1.29, 1.82) is 0 Å². The molecule has 0 saturated carbocycles. The van der Waals surface area contributed by atoms with E-state index in [2.05, 4.69) is 27.1 Å². The van der Waals surface area contributed by atoms with E-state index in [0.29, 0.717) is 0 Å². The van der Waals surface area contributed by atoms with Gasteiger partial charge in [-0.3, -0.25) is 0 Å². The molecule has 1 aromatic heterocycles. The van der Waals surface area contributed by atoms with Crippen molar-refractivity contribution in [1.82, 2.24) is 9.59 Å². The van der Waals surface area contributed by atoms with Crippen molar-refractivity contribution in [3.63, 3.8) is 0 Å². The molecule has 3 N–H and O–H groups in total. The number of benzene rings is 1. The van der Waals surface area contributed by atoms with Gasteiger partial charge in [-0.1, -0.05) is 22.7 Å². The Morgan fingerprint density at radius 3 is 2.87 bits per heavy atom. The predicted octanol–water partition coefficient (Wildman–Crippen LogP) is 2.12. The van der Waals surface area contributed by atoms with Crippen molar-refractivity contribution in [2.24, 2.45) is 5.84 Å². The fraction of sp³-hybridized carbons (Fsp3) is 0.111. The quantitative estimate of drug-likeness (QED) is 0.485. The zero-order valence-corrected chi connectivity index (χ0v) is 9.52. The summed E-state index contributed by atoms with van der Waals surface area (Å²) in [7, 11) is 0. The van der Waals surface area contributed by atoms with E-state index >= 15 is 0 Å². The number of nitrogens with one attached hydrogen (secondary N) is 1. The zero-order valence-electron chi connectivity index (χ0n) is 7.88. The summed E-state index contributed by atoms with van der Waals surface area (Å²) in [6, 6.07) is 10.2. The van der Waals surface area contributed by atoms with Crippen molar-refractivity contribution >= 4 is 28.3 Å². The lowest BCUT2D eigenvalue weighted by atomic mass is 10.4. The van der Waals surface area contributed by atoms with Gasteiger partial charge in [-0.25, -0.2) is 5.84 Å². The second-order valence-electron chi connectivity index (χ2n) is 2.79. The Kier molecular flexibility index (Phi) is 3.54. The lowest BCUT2D eigenvalue weighted by molar-refractivity contribution is 1.07. The van der Waals surface area contributed by atoms with Crippen LogP contribution in [0.15, 0.2) is 35.2 Å². The first kappa shape index (κ1) is 10.4. The molecule has 0 aliphatic rings. The molecular formula is C9H10N4S2. The van der Waals surface area contributed by atoms with Gasteiger partial charge in [0.2, 0.25) is 0 Å². The summed E-state index contributed by atoms with van der Waals surface area (Å²) in [5, 5.41) is 4.84. The van der Waals surface area contributed by atoms with Crippen LogP contribution in [0.4, 0.5) is 5.00 Å². The Morgan fingerprint density at radius 1 is 1.33 bits per heavy atom. The van der Waals surface area contributed by atoms with Crippen molar-refractivity contribution < 1.29 is 0 Å². The fourth-order valence-corrected chi connectivity index (χ4v) is 2.52. The largest absolute Gasteiger partial charge is 0.313 e. The average Bonchev–Trinajstić information content (AvgIpc) is 2.75. The molecule has 0 fully saturated rings. The molecule has 1 heterocycles. The molecule has 78 valence electrons. The van der Waals surface area contributed by atoms with Gasteiger partial charge in [-0.15, -0.1) is 16.9 Å². The standard InChI is InChI=1S/C9H10N4S2/c10-11-9-8(12-13-15-9)6-14-7-4-2-1-3-5-7/h1-5,11H,6,10H2. The van der Waals surface area contributed by atoms with Crippen molar-refractivity contribution in [2.45, 2.75) is 10.6 Å². The van der Waals surface area contributed by atoms with Gasteiger partial charge in [0.1, 0.15) is 10.7 Å². The van der Waals surface area contributed by atoms with Crippen molar-refractivity contribution in [2.75, 3.05) is 5.43 Å². The number of thioether (sulfide) groups is 1. The van der Waals surface area contributed by atoms with Crippen LogP contribution in [0.2, 0.25) is 0 Å². The highest BCUT2D eigenvalue weighted by atomic mass is 32.2. The molecule has 1 aromatic carbocycles. The first-order chi connectivity index (χ1) is 7.40. The van der Waals surface area contributed by atoms with Crippen LogP contribution in [-0.2, 0) is 5.75 Å². The predicted molar refractivity (Wildman–Crippen MR) is 63.7 cm³/mol. The Bertz CT molecular complexity index is 415. The number of aromatic nitrogens is 2. The minimum Gasteiger partial charge on any atom is -0.313 e. The third-order valence-corrected chi connectivity index (χ3v) is 3.53. The van der Waals surface area contributed by atoms with Gasteiger partial charge in [0.05, 0.1) is 0 Å². The van der Waals surface area contributed by atoms with Gasteiger partial charge < -0.3 is 5.43 Å². The van der Waals surface area contributed by atoms with Crippen LogP contribution in [0.25, 0.3) is 0 Å². The summed E-state index contributed by atoms with van der Waals surface area (Å²) in [4.78, 5) is 1.22. The number of nitrogens with two attached hydrogens (primary N) is 1. The summed E-state index contributed by atoms with van der Waals surface area (Å²) < 4.78 is 3.84. The van der Waals surface area contributed by atoms with E-state index in [1.165, 1.54) is 16.4 Å². The number of hydrogen-bond donors (Lipinski definition) is 2. The van der Waals surface area contributed by atoms with Crippen LogP contribution in [0.3, 0.4) is 0 Å². The summed E-state index contributed by atoms with van der Waals surface area (Å²) in [6.07, 6.45) is 0. The minimum atomic E-state index is 0.778. The Labute approximate surface area is 96.0 Å². The molecule has 0 radical (unpaired) electrons. The molecule has 15 heavy (non-hydrogen) atoms. The summed E-state index contributed by atoms with van der Waals surface area (Å²) in [6.45, 7) is 0. The van der Waals surface area contributed by atoms with E-state index in [-0.39, 0.29) is 0 Å². The molecule has 0 saturated heterocycles. The van der Waals surface area contributed by atoms with Gasteiger partial charge in [-0.2, -0.15) is 0 Å². The highest BCUT2D eigenvalue weighted by molar-refractivity contribution is 7.98. The number of rotatable bonds is 4. The summed E-state index contributed by atoms with van der Waals surface area (Å²) in [5.74, 6) is 6.11. The normalized spacial score (nSPS) is 10.2. The molecule has 0 bridgehead atoms. The third kappa shape index (κ3) is 2.68. The molecule has 0 amide bonds. The first-order valence-electron chi connectivity index (χ1n) is 4.36. The van der Waals surface area contributed by atoms with Gasteiger partial charge in [0, 0.05) is 22.2 Å². The maximum absolute atomic E-state index is 5.34. The number of nitrogen functional groups attached to an aromatic ring is 1. The van der Waals surface area contributed by atoms with Crippen LogP contribution in [0, 0.1) is 0 Å². The van der Waals surface area contributed by atoms with E-state index < -0.39 is 0 Å². The smallest absolute Gasteiger partial charge is 0.148 e. The molecular weight excluding hydrogens is 228 g/mol. The number of hydrogen-bond acceptors (Lipinski definition) is 6. The zero-order chi connectivity index (χ0) is 10.5. The number of nitrogens with zero attached hydrogens (tertiary/aromatic N) is 2. The lowest BCUT2D eigenvalue weighted by Gasteiger charge is -2.00. The maximum Gasteiger partial charge on any atom is 0.148 e. The Hall–Kier alpha value is -1.11. The molecule has 2 aromatic rings. The van der Waals surface area contributed by atoms with Crippen LogP contribution in [-0.4, -0.2) is 9.59 Å². The van der Waals surface area contributed by atoms with Gasteiger partial charge >= 0.3 is 0 Å². The number of anilines is 1. The van der Waals surface area contributed by atoms with Crippen LogP contribution < -0.4 is 11.3 Å². The molecule has 0 aliphatic carbocycles. The van der Waals surface area contributed by atoms with E-state index in [4.69, 9.17) is 5.84 Å². The van der Waals surface area contributed by atoms with Gasteiger partial charge in [0.25, 0.3) is 0 Å². The van der Waals surface area contributed by atoms with E-state index in [1.54, 1.807) is 11.8 Å². The summed E-state index contributed by atoms with van der Waals surface area (Å²) in [5.41, 5.74) is 3.49. The molecule has 0 unspecified atom stereocenters. The second kappa shape index (κ2) is 5.11. The highest BCUT2D eigenvalue weighted by Crippen LogP contribution is 2.26. The topological polar surface area (TPSA) is 63.8 Å². The van der Waals surface area contributed by atoms with Crippen molar-refractivity contribution in [3.05, 3.63) is 36.0 Å². The van der Waals surface area contributed by atoms with Crippen LogP contribution in [0.5, 0.6) is 0 Å². The van der Waals surface area contributed by atoms with Gasteiger partial charge in [0.15, 0.2) is 0 Å². The van der Waals surface area contributed by atoms with Crippen molar-refractivity contribution in [3.8, 4) is 0 Å². The van der Waals surface area contributed by atoms with Crippen LogP contribution >= 0.6 is 23.3 Å². The number of hydrazine groups is 1. The van der Waals surface area contributed by atoms with Crippen LogP contribution in [0.1, 0.15) is 5.69 Å². The molecule has 0 aliphatic heterocycles. The lowest BCUT2D eigenvalue weighted by Crippen LogP contribution is -2.06. The molecule has 0 atom stereocenters. The monoisotopic (exact) mass is 238 g/mol. The first-order valence-corrected chi connectivity index (χ1v) is 6.12. The summed E-state index contributed by atoms with van der Waals surface area (Å²) >= 11 is 2.99. The van der Waals surface area contributed by atoms with E-state index in [9.17, 15) is 0 Å². The Morgan fingerprint density at radius 2 is 2.13 bits per heavy atom. The molecule has 2 rings (SSSR count). The average molecular weight is 238 g/mol. The SMILES string of the molecule is NNc1snnc1CSc1ccccc1. The highest BCUT2D eigenvalue weighted by Gasteiger charge is 2.06. The maximum atomic E-state index is 5.34. The van der Waals surface area contributed by atoms with E-state index in [0.717, 1.165) is 16.4 Å². The minimum absolute atomic E-state index is 0.778. The molecule has 6 heteroatoms. The fourth-order valence-electron chi connectivity index (χ4n) is 1.08. The molecule has 4 nitrogen and oxygen atoms in total. The molecule has 0 spiro atoms. The Balaban J connectivity index is 1.99. The second-order valence-corrected chi connectivity index (χ2v) is 4.60. The van der Waals surface area contributed by atoms with E-state index in [1.807, 2.05) is 18.2 Å².